The summed E-state index contributed by atoms with van der Waals surface area (Å²) in [5, 5.41) is 2.86. The van der Waals surface area contributed by atoms with Crippen molar-refractivity contribution in [2.45, 2.75) is 32.0 Å². The molecule has 1 aromatic carbocycles. The van der Waals surface area contributed by atoms with E-state index < -0.39 is 22.2 Å². The fraction of sp³-hybridized carbons (Fsp3) is 0.368. The largest absolute Gasteiger partial charge is 0.487 e. The number of aryl methyl sites for hydroxylation is 1. The van der Waals surface area contributed by atoms with Gasteiger partial charge in [-0.25, -0.2) is 8.42 Å². The number of benzene rings is 1. The molecule has 1 saturated heterocycles. The molecule has 0 aliphatic carbocycles. The van der Waals surface area contributed by atoms with E-state index in [2.05, 4.69) is 10.3 Å². The van der Waals surface area contributed by atoms with Gasteiger partial charge in [0.15, 0.2) is 0 Å². The van der Waals surface area contributed by atoms with Crippen molar-refractivity contribution in [3.8, 4) is 5.75 Å². The van der Waals surface area contributed by atoms with Gasteiger partial charge in [0, 0.05) is 19.2 Å². The van der Waals surface area contributed by atoms with Crippen molar-refractivity contribution >= 4 is 15.9 Å². The van der Waals surface area contributed by atoms with Crippen LogP contribution in [0, 0.1) is 6.92 Å². The number of rotatable bonds is 6. The van der Waals surface area contributed by atoms with E-state index in [9.17, 15) is 13.2 Å². The maximum atomic E-state index is 12.7. The Labute approximate surface area is 159 Å². The molecule has 8 heteroatoms. The summed E-state index contributed by atoms with van der Waals surface area (Å²) in [4.78, 5) is 16.7. The van der Waals surface area contributed by atoms with Crippen molar-refractivity contribution in [2.24, 2.45) is 0 Å². The third-order valence-electron chi connectivity index (χ3n) is 4.60. The van der Waals surface area contributed by atoms with Crippen LogP contribution in [-0.4, -0.2) is 48.6 Å². The predicted octanol–water partition coefficient (Wildman–Crippen LogP) is 1.49. The lowest BCUT2D eigenvalue weighted by Gasteiger charge is -2.21. The lowest BCUT2D eigenvalue weighted by molar-refractivity contribution is -0.124. The number of sulfonamides is 1. The maximum Gasteiger partial charge on any atom is 0.238 e. The van der Waals surface area contributed by atoms with E-state index in [0.29, 0.717) is 18.7 Å². The average Bonchev–Trinajstić information content (AvgIpc) is 3.06. The number of pyridine rings is 1. The minimum atomic E-state index is -3.54. The van der Waals surface area contributed by atoms with Crippen LogP contribution in [0.25, 0.3) is 0 Å². The van der Waals surface area contributed by atoms with Crippen molar-refractivity contribution in [3.63, 3.8) is 0 Å². The number of carbonyl (C=O) groups is 1. The summed E-state index contributed by atoms with van der Waals surface area (Å²) in [6.07, 6.45) is 4.20. The Balaban J connectivity index is 1.69. The van der Waals surface area contributed by atoms with E-state index in [1.54, 1.807) is 24.5 Å². The number of hydrogen-bond donors (Lipinski definition) is 1. The number of carbonyl (C=O) groups excluding carboxylic acids is 1. The van der Waals surface area contributed by atoms with Gasteiger partial charge >= 0.3 is 0 Å². The van der Waals surface area contributed by atoms with Gasteiger partial charge in [0.2, 0.25) is 15.9 Å². The van der Waals surface area contributed by atoms with E-state index in [1.807, 2.05) is 31.2 Å². The second-order valence-corrected chi connectivity index (χ2v) is 8.59. The van der Waals surface area contributed by atoms with Crippen molar-refractivity contribution in [1.82, 2.24) is 14.6 Å². The van der Waals surface area contributed by atoms with E-state index in [1.165, 1.54) is 4.31 Å². The monoisotopic (exact) mass is 389 g/mol. The molecule has 144 valence electrons. The van der Waals surface area contributed by atoms with Gasteiger partial charge in [0.25, 0.3) is 0 Å². The smallest absolute Gasteiger partial charge is 0.238 e. The van der Waals surface area contributed by atoms with Gasteiger partial charge < -0.3 is 10.1 Å². The van der Waals surface area contributed by atoms with Crippen LogP contribution in [0.3, 0.4) is 0 Å². The van der Waals surface area contributed by atoms with Gasteiger partial charge in [-0.05, 0) is 30.2 Å². The highest BCUT2D eigenvalue weighted by Crippen LogP contribution is 2.25. The SMILES string of the molecule is Cc1ccccc1CNC(=O)[C@@H]1C[C@H](Oc2cccnc2)CN1S(C)(=O)=O. The molecule has 0 saturated carbocycles. The van der Waals surface area contributed by atoms with Gasteiger partial charge in [-0.15, -0.1) is 0 Å². The van der Waals surface area contributed by atoms with Gasteiger partial charge in [-0.2, -0.15) is 4.31 Å². The first-order chi connectivity index (χ1) is 12.8. The number of nitrogens with one attached hydrogen (secondary N) is 1. The lowest BCUT2D eigenvalue weighted by atomic mass is 10.1. The van der Waals surface area contributed by atoms with Gasteiger partial charge in [-0.3, -0.25) is 9.78 Å². The summed E-state index contributed by atoms with van der Waals surface area (Å²) in [5.41, 5.74) is 2.07. The summed E-state index contributed by atoms with van der Waals surface area (Å²) in [6, 6.07) is 10.5. The number of hydrogen-bond acceptors (Lipinski definition) is 5. The van der Waals surface area contributed by atoms with Crippen molar-refractivity contribution in [1.29, 1.82) is 0 Å². The molecule has 2 aromatic rings. The Morgan fingerprint density at radius 2 is 2.07 bits per heavy atom. The molecule has 2 atom stereocenters. The Morgan fingerprint density at radius 3 is 2.74 bits per heavy atom. The van der Waals surface area contributed by atoms with Crippen LogP contribution in [0.4, 0.5) is 0 Å². The van der Waals surface area contributed by atoms with Gasteiger partial charge in [0.1, 0.15) is 17.9 Å². The van der Waals surface area contributed by atoms with Crippen LogP contribution >= 0.6 is 0 Å². The summed E-state index contributed by atoms with van der Waals surface area (Å²) < 4.78 is 31.3. The first kappa shape index (κ1) is 19.3. The average molecular weight is 389 g/mol. The van der Waals surface area contributed by atoms with Crippen LogP contribution < -0.4 is 10.1 Å². The molecule has 1 aliphatic heterocycles. The van der Waals surface area contributed by atoms with E-state index in [4.69, 9.17) is 4.74 Å². The minimum Gasteiger partial charge on any atom is -0.487 e. The summed E-state index contributed by atoms with van der Waals surface area (Å²) >= 11 is 0. The fourth-order valence-electron chi connectivity index (χ4n) is 3.18. The molecule has 1 aliphatic rings. The van der Waals surface area contributed by atoms with Crippen LogP contribution in [0.2, 0.25) is 0 Å². The highest BCUT2D eigenvalue weighted by molar-refractivity contribution is 7.88. The molecule has 0 bridgehead atoms. The minimum absolute atomic E-state index is 0.135. The lowest BCUT2D eigenvalue weighted by Crippen LogP contribution is -2.45. The molecule has 1 amide bonds. The molecule has 0 unspecified atom stereocenters. The zero-order valence-electron chi connectivity index (χ0n) is 15.3. The third kappa shape index (κ3) is 4.84. The number of nitrogens with zero attached hydrogens (tertiary/aromatic N) is 2. The Kier molecular flexibility index (Phi) is 5.76. The predicted molar refractivity (Wildman–Crippen MR) is 102 cm³/mol. The van der Waals surface area contributed by atoms with E-state index in [-0.39, 0.29) is 12.5 Å². The van der Waals surface area contributed by atoms with Crippen molar-refractivity contribution in [2.75, 3.05) is 12.8 Å². The highest BCUT2D eigenvalue weighted by atomic mass is 32.2. The molecule has 1 aromatic heterocycles. The molecular weight excluding hydrogens is 366 g/mol. The van der Waals surface area contributed by atoms with Crippen molar-refractivity contribution in [3.05, 3.63) is 59.9 Å². The molecule has 7 nitrogen and oxygen atoms in total. The molecule has 1 N–H and O–H groups in total. The number of ether oxygens (including phenoxy) is 1. The molecular formula is C19H23N3O4S. The molecule has 1 fully saturated rings. The summed E-state index contributed by atoms with van der Waals surface area (Å²) in [6.45, 7) is 2.46. The van der Waals surface area contributed by atoms with Crippen LogP contribution in [0.5, 0.6) is 5.75 Å². The Bertz CT molecular complexity index is 902. The second kappa shape index (κ2) is 8.06. The summed E-state index contributed by atoms with van der Waals surface area (Å²) in [7, 11) is -3.54. The molecule has 3 rings (SSSR count). The first-order valence-electron chi connectivity index (χ1n) is 8.70. The highest BCUT2D eigenvalue weighted by Gasteiger charge is 2.42. The second-order valence-electron chi connectivity index (χ2n) is 6.66. The van der Waals surface area contributed by atoms with Gasteiger partial charge in [0.05, 0.1) is 19.0 Å². The van der Waals surface area contributed by atoms with Gasteiger partial charge in [-0.1, -0.05) is 24.3 Å². The zero-order valence-corrected chi connectivity index (χ0v) is 16.1. The molecule has 0 spiro atoms. The Hall–Kier alpha value is -2.45. The Morgan fingerprint density at radius 1 is 1.30 bits per heavy atom. The normalized spacial score (nSPS) is 20.4. The molecule has 2 heterocycles. The first-order valence-corrected chi connectivity index (χ1v) is 10.5. The standard InChI is InChI=1S/C19H23N3O4S/c1-14-6-3-4-7-15(14)11-21-19(23)18-10-17(13-22(18)27(2,24)25)26-16-8-5-9-20-12-16/h3-9,12,17-18H,10-11,13H2,1-2H3,(H,21,23)/t17-,18-/m0/s1. The number of aromatic nitrogens is 1. The van der Waals surface area contributed by atoms with Crippen molar-refractivity contribution < 1.29 is 17.9 Å². The maximum absolute atomic E-state index is 12.7. The van der Waals surface area contributed by atoms with E-state index in [0.717, 1.165) is 17.4 Å². The fourth-order valence-corrected chi connectivity index (χ4v) is 4.26. The topological polar surface area (TPSA) is 88.6 Å². The number of amides is 1. The molecule has 0 radical (unpaired) electrons. The van der Waals surface area contributed by atoms with Crippen LogP contribution in [-0.2, 0) is 21.4 Å². The summed E-state index contributed by atoms with van der Waals surface area (Å²) in [5.74, 6) is 0.234. The quantitative estimate of drug-likeness (QED) is 0.809. The van der Waals surface area contributed by atoms with Crippen LogP contribution in [0.15, 0.2) is 48.8 Å². The van der Waals surface area contributed by atoms with E-state index >= 15 is 0 Å². The third-order valence-corrected chi connectivity index (χ3v) is 5.85. The zero-order chi connectivity index (χ0) is 19.4. The molecule has 27 heavy (non-hydrogen) atoms. The van der Waals surface area contributed by atoms with Crippen LogP contribution in [0.1, 0.15) is 17.5 Å².